The van der Waals surface area contributed by atoms with E-state index in [1.165, 1.54) is 0 Å². The van der Waals surface area contributed by atoms with Crippen molar-refractivity contribution in [3.05, 3.63) is 0 Å². The summed E-state index contributed by atoms with van der Waals surface area (Å²) >= 11 is 0. The minimum absolute atomic E-state index is 0.131. The van der Waals surface area contributed by atoms with Crippen molar-refractivity contribution in [2.75, 3.05) is 33.2 Å². The number of hydrogen-bond acceptors (Lipinski definition) is 3. The number of nitrogens with zero attached hydrogens (tertiary/aromatic N) is 1. The fourth-order valence-electron chi connectivity index (χ4n) is 1.60. The van der Waals surface area contributed by atoms with Gasteiger partial charge in [0.15, 0.2) is 0 Å². The lowest BCUT2D eigenvalue weighted by molar-refractivity contribution is -0.125. The Morgan fingerprint density at radius 3 is 2.87 bits per heavy atom. The van der Waals surface area contributed by atoms with Gasteiger partial charge in [-0.2, -0.15) is 0 Å². The molecule has 1 aliphatic rings. The van der Waals surface area contributed by atoms with E-state index in [2.05, 4.69) is 16.0 Å². The van der Waals surface area contributed by atoms with Crippen molar-refractivity contribution in [3.63, 3.8) is 0 Å². The number of urea groups is 1. The lowest BCUT2D eigenvalue weighted by atomic mass is 10.2. The molecule has 1 aliphatic heterocycles. The Hall–Kier alpha value is -1.30. The number of amides is 3. The molecule has 0 bridgehead atoms. The largest absolute Gasteiger partial charge is 0.357 e. The van der Waals surface area contributed by atoms with Crippen LogP contribution in [0.2, 0.25) is 0 Å². The summed E-state index contributed by atoms with van der Waals surface area (Å²) in [6, 6.07) is -0.581. The molecule has 1 unspecified atom stereocenters. The van der Waals surface area contributed by atoms with Crippen LogP contribution >= 0.6 is 0 Å². The molecule has 0 radical (unpaired) electrons. The third kappa shape index (κ3) is 2.82. The van der Waals surface area contributed by atoms with Crippen LogP contribution in [0.3, 0.4) is 0 Å². The molecule has 0 spiro atoms. The van der Waals surface area contributed by atoms with Gasteiger partial charge in [-0.3, -0.25) is 4.79 Å². The topological polar surface area (TPSA) is 73.5 Å². The van der Waals surface area contributed by atoms with Gasteiger partial charge >= 0.3 is 6.03 Å². The second-order valence-electron chi connectivity index (χ2n) is 3.36. The summed E-state index contributed by atoms with van der Waals surface area (Å²) in [6.45, 7) is 4.23. The van der Waals surface area contributed by atoms with E-state index in [1.807, 2.05) is 6.92 Å². The summed E-state index contributed by atoms with van der Waals surface area (Å²) in [5.74, 6) is -0.131. The molecule has 15 heavy (non-hydrogen) atoms. The Kier molecular flexibility index (Phi) is 4.36. The molecular weight excluding hydrogens is 196 g/mol. The number of carbonyl (C=O) groups excluding carboxylic acids is 2. The molecule has 0 aliphatic carbocycles. The second-order valence-corrected chi connectivity index (χ2v) is 3.36. The van der Waals surface area contributed by atoms with Crippen molar-refractivity contribution in [1.82, 2.24) is 20.9 Å². The zero-order valence-electron chi connectivity index (χ0n) is 9.17. The van der Waals surface area contributed by atoms with E-state index < -0.39 is 6.04 Å². The standard InChI is InChI=1S/C9H18N4O2/c1-3-12-9(15)13-5-4-11-6-7(13)8(14)10-2/h7,11H,3-6H2,1-2H3,(H,10,14)(H,12,15). The fourth-order valence-corrected chi connectivity index (χ4v) is 1.60. The molecule has 86 valence electrons. The third-order valence-electron chi connectivity index (χ3n) is 2.38. The van der Waals surface area contributed by atoms with Gasteiger partial charge in [-0.25, -0.2) is 4.79 Å². The van der Waals surface area contributed by atoms with E-state index in [0.717, 1.165) is 6.54 Å². The first kappa shape index (κ1) is 11.8. The van der Waals surface area contributed by atoms with Crippen LogP contribution in [0.5, 0.6) is 0 Å². The van der Waals surface area contributed by atoms with Gasteiger partial charge in [0.1, 0.15) is 6.04 Å². The van der Waals surface area contributed by atoms with E-state index in [1.54, 1.807) is 11.9 Å². The van der Waals surface area contributed by atoms with E-state index in [4.69, 9.17) is 0 Å². The predicted octanol–water partition coefficient (Wildman–Crippen LogP) is -1.26. The van der Waals surface area contributed by atoms with Gasteiger partial charge in [-0.1, -0.05) is 0 Å². The average Bonchev–Trinajstić information content (AvgIpc) is 2.28. The molecule has 0 aromatic carbocycles. The molecule has 6 nitrogen and oxygen atoms in total. The summed E-state index contributed by atoms with van der Waals surface area (Å²) in [4.78, 5) is 24.7. The van der Waals surface area contributed by atoms with Crippen molar-refractivity contribution < 1.29 is 9.59 Å². The maximum absolute atomic E-state index is 11.6. The number of piperazine rings is 1. The van der Waals surface area contributed by atoms with E-state index in [0.29, 0.717) is 19.6 Å². The highest BCUT2D eigenvalue weighted by molar-refractivity contribution is 5.87. The summed E-state index contributed by atoms with van der Waals surface area (Å²) in [6.07, 6.45) is 0. The number of likely N-dealkylation sites (N-methyl/N-ethyl adjacent to an activating group) is 1. The monoisotopic (exact) mass is 214 g/mol. The highest BCUT2D eigenvalue weighted by Crippen LogP contribution is 2.03. The zero-order chi connectivity index (χ0) is 11.3. The van der Waals surface area contributed by atoms with Gasteiger partial charge in [-0.05, 0) is 6.92 Å². The maximum atomic E-state index is 11.6. The van der Waals surface area contributed by atoms with Gasteiger partial charge in [0.2, 0.25) is 5.91 Å². The van der Waals surface area contributed by atoms with Crippen LogP contribution in [0.15, 0.2) is 0 Å². The Balaban J connectivity index is 2.65. The normalized spacial score (nSPS) is 20.9. The van der Waals surface area contributed by atoms with Crippen LogP contribution in [0.1, 0.15) is 6.92 Å². The Bertz CT molecular complexity index is 244. The molecule has 6 heteroatoms. The smallest absolute Gasteiger partial charge is 0.318 e. The van der Waals surface area contributed by atoms with Gasteiger partial charge in [0.25, 0.3) is 0 Å². The Morgan fingerprint density at radius 1 is 1.53 bits per heavy atom. The third-order valence-corrected chi connectivity index (χ3v) is 2.38. The molecule has 1 rings (SSSR count). The molecule has 1 fully saturated rings. The van der Waals surface area contributed by atoms with Crippen LogP contribution in [0.25, 0.3) is 0 Å². The van der Waals surface area contributed by atoms with Gasteiger partial charge < -0.3 is 20.9 Å². The molecule has 0 aromatic heterocycles. The minimum Gasteiger partial charge on any atom is -0.357 e. The number of hydrogen-bond donors (Lipinski definition) is 3. The fraction of sp³-hybridized carbons (Fsp3) is 0.778. The van der Waals surface area contributed by atoms with Crippen molar-refractivity contribution in [1.29, 1.82) is 0 Å². The van der Waals surface area contributed by atoms with Crippen molar-refractivity contribution >= 4 is 11.9 Å². The summed E-state index contributed by atoms with van der Waals surface area (Å²) < 4.78 is 0. The summed E-state index contributed by atoms with van der Waals surface area (Å²) in [5, 5.41) is 8.36. The SMILES string of the molecule is CCNC(=O)N1CCNCC1C(=O)NC. The maximum Gasteiger partial charge on any atom is 0.318 e. The Morgan fingerprint density at radius 2 is 2.27 bits per heavy atom. The van der Waals surface area contributed by atoms with Crippen LogP contribution in [0, 0.1) is 0 Å². The van der Waals surface area contributed by atoms with Crippen LogP contribution in [-0.4, -0.2) is 56.1 Å². The van der Waals surface area contributed by atoms with Crippen molar-refractivity contribution in [2.45, 2.75) is 13.0 Å². The summed E-state index contributed by atoms with van der Waals surface area (Å²) in [5.41, 5.74) is 0. The molecule has 0 saturated carbocycles. The predicted molar refractivity (Wildman–Crippen MR) is 56.5 cm³/mol. The number of carbonyl (C=O) groups is 2. The van der Waals surface area contributed by atoms with E-state index >= 15 is 0 Å². The zero-order valence-corrected chi connectivity index (χ0v) is 9.17. The lowest BCUT2D eigenvalue weighted by Crippen LogP contribution is -2.61. The lowest BCUT2D eigenvalue weighted by Gasteiger charge is -2.34. The van der Waals surface area contributed by atoms with Crippen LogP contribution in [-0.2, 0) is 4.79 Å². The highest BCUT2D eigenvalue weighted by atomic mass is 16.2. The highest BCUT2D eigenvalue weighted by Gasteiger charge is 2.30. The molecular formula is C9H18N4O2. The first-order valence-corrected chi connectivity index (χ1v) is 5.17. The number of nitrogens with one attached hydrogen (secondary N) is 3. The molecule has 3 N–H and O–H groups in total. The molecule has 1 atom stereocenters. The minimum atomic E-state index is -0.407. The van der Waals surface area contributed by atoms with Crippen LogP contribution in [0.4, 0.5) is 4.79 Å². The van der Waals surface area contributed by atoms with Crippen molar-refractivity contribution in [2.24, 2.45) is 0 Å². The van der Waals surface area contributed by atoms with Crippen LogP contribution < -0.4 is 16.0 Å². The first-order chi connectivity index (χ1) is 7.20. The van der Waals surface area contributed by atoms with Crippen molar-refractivity contribution in [3.8, 4) is 0 Å². The molecule has 1 saturated heterocycles. The van der Waals surface area contributed by atoms with Gasteiger partial charge in [0, 0.05) is 33.2 Å². The van der Waals surface area contributed by atoms with E-state index in [-0.39, 0.29) is 11.9 Å². The summed E-state index contributed by atoms with van der Waals surface area (Å²) in [7, 11) is 1.58. The molecule has 1 heterocycles. The molecule has 0 aromatic rings. The van der Waals surface area contributed by atoms with Gasteiger partial charge in [0.05, 0.1) is 0 Å². The quantitative estimate of drug-likeness (QED) is 0.537. The van der Waals surface area contributed by atoms with Gasteiger partial charge in [-0.15, -0.1) is 0 Å². The first-order valence-electron chi connectivity index (χ1n) is 5.17. The van der Waals surface area contributed by atoms with E-state index in [9.17, 15) is 9.59 Å². The average molecular weight is 214 g/mol. The second kappa shape index (κ2) is 5.55. The Labute approximate surface area is 89.4 Å². The molecule has 3 amide bonds. The number of rotatable bonds is 2.